The number of imide groups is 1. The lowest BCUT2D eigenvalue weighted by Gasteiger charge is -2.12. The number of quaternary nitrogens is 1. The molecule has 2 aliphatic heterocycles. The summed E-state index contributed by atoms with van der Waals surface area (Å²) in [6, 6.07) is 0. The van der Waals surface area contributed by atoms with E-state index in [1.165, 1.54) is 29.9 Å². The SMILES string of the molecule is C#CCNC(=O)/C=C\C(=O)O.O=C([O-])C(F)(F)F.O=C1C=CC(=O)O1.[N-]=[N+]=NCCCCCCN1C(=O)C=CC1=O.[N-]=[N+]=NCCCCCC[NH3+]. The number of hydrogen-bond donors (Lipinski definition) is 3. The number of halogens is 3. The number of alkyl halides is 3. The maximum atomic E-state index is 11.2. The molecule has 51 heavy (non-hydrogen) atoms. The number of carboxylic acids is 2. The van der Waals surface area contributed by atoms with E-state index in [4.69, 9.17) is 32.5 Å². The maximum absolute atomic E-state index is 11.2. The quantitative estimate of drug-likeness (QED) is 0.0234. The van der Waals surface area contributed by atoms with E-state index in [0.29, 0.717) is 19.6 Å². The summed E-state index contributed by atoms with van der Waals surface area (Å²) in [5.74, 6) is -4.11. The molecule has 2 aliphatic rings. The van der Waals surface area contributed by atoms with E-state index in [9.17, 15) is 41.9 Å². The second-order valence-corrected chi connectivity index (χ2v) is 9.20. The molecule has 0 saturated heterocycles. The Morgan fingerprint density at radius 1 is 0.902 bits per heavy atom. The zero-order valence-electron chi connectivity index (χ0n) is 27.3. The Morgan fingerprint density at radius 3 is 1.71 bits per heavy atom. The fourth-order valence-electron chi connectivity index (χ4n) is 2.91. The largest absolute Gasteiger partial charge is 0.542 e. The van der Waals surface area contributed by atoms with Gasteiger partial charge in [0.1, 0.15) is 5.97 Å². The molecule has 280 valence electrons. The molecule has 0 aromatic heterocycles. The Bertz CT molecular complexity index is 1350. The molecule has 22 heteroatoms. The molecule has 3 amide bonds. The summed E-state index contributed by atoms with van der Waals surface area (Å²) in [7, 11) is 0. The number of hydrogen-bond acceptors (Lipinski definition) is 11. The van der Waals surface area contributed by atoms with Gasteiger partial charge in [0.05, 0.1) is 13.1 Å². The number of nitrogens with one attached hydrogen (secondary N) is 1. The van der Waals surface area contributed by atoms with Crippen LogP contribution in [0.5, 0.6) is 0 Å². The van der Waals surface area contributed by atoms with Crippen LogP contribution in [-0.4, -0.2) is 90.5 Å². The standard InChI is InChI=1S/C10H14N4O2.C7H7NO3.C6H14N4.C4H2O3.C2HF3O2/c11-13-12-7-3-1-2-4-8-14-9(15)5-6-10(14)16;1-2-5-8-6(9)3-4-7(10)11;7-5-3-1-2-4-6-9-10-8;5-3-1-2-4(6)7-3;3-2(4,5)1(6)7/h5-6H,1-4,7-8H2;1,3-4H,5H2,(H,8,9)(H,10,11);1-7H2;1-2H;(H,6,7)/b;4-3-;;;. The summed E-state index contributed by atoms with van der Waals surface area (Å²) < 4.78 is 35.5. The van der Waals surface area contributed by atoms with Crippen LogP contribution in [-0.2, 0) is 38.3 Å². The average Bonchev–Trinajstić information content (AvgIpc) is 3.62. The van der Waals surface area contributed by atoms with Crippen LogP contribution in [0.2, 0.25) is 0 Å². The van der Waals surface area contributed by atoms with Crippen LogP contribution >= 0.6 is 0 Å². The smallest absolute Gasteiger partial charge is 0.430 e. The molecule has 0 spiro atoms. The van der Waals surface area contributed by atoms with Crippen LogP contribution in [0.15, 0.2) is 46.7 Å². The van der Waals surface area contributed by atoms with Gasteiger partial charge in [0.15, 0.2) is 0 Å². The van der Waals surface area contributed by atoms with Crippen molar-refractivity contribution in [3.05, 3.63) is 57.3 Å². The lowest BCUT2D eigenvalue weighted by Crippen LogP contribution is -2.50. The highest BCUT2D eigenvalue weighted by Gasteiger charge is 2.28. The first-order valence-electron chi connectivity index (χ1n) is 14.8. The first-order chi connectivity index (χ1) is 24.1. The monoisotopic (exact) mass is 729 g/mol. The third kappa shape index (κ3) is 35.0. The van der Waals surface area contributed by atoms with Crippen molar-refractivity contribution < 1.29 is 67.4 Å². The number of carbonyl (C=O) groups is 7. The zero-order valence-corrected chi connectivity index (χ0v) is 27.3. The van der Waals surface area contributed by atoms with E-state index in [1.807, 2.05) is 0 Å². The van der Waals surface area contributed by atoms with E-state index in [0.717, 1.165) is 69.4 Å². The topological polar surface area (TPSA) is 312 Å². The van der Waals surface area contributed by atoms with Crippen molar-refractivity contribution in [3.8, 4) is 12.3 Å². The number of unbranched alkanes of at least 4 members (excludes halogenated alkanes) is 6. The van der Waals surface area contributed by atoms with Gasteiger partial charge in [-0.3, -0.25) is 19.3 Å². The van der Waals surface area contributed by atoms with Crippen LogP contribution in [0.3, 0.4) is 0 Å². The van der Waals surface area contributed by atoms with Gasteiger partial charge in [-0.25, -0.2) is 14.4 Å². The normalized spacial score (nSPS) is 12.2. The highest BCUT2D eigenvalue weighted by molar-refractivity contribution is 6.12. The number of carbonyl (C=O) groups excluding carboxylic acids is 6. The second-order valence-electron chi connectivity index (χ2n) is 9.20. The number of azide groups is 2. The minimum atomic E-state index is -5.19. The second kappa shape index (κ2) is 32.4. The van der Waals surface area contributed by atoms with E-state index in [-0.39, 0.29) is 18.4 Å². The molecule has 0 aliphatic carbocycles. The van der Waals surface area contributed by atoms with Crippen molar-refractivity contribution in [2.75, 3.05) is 32.7 Å². The summed E-state index contributed by atoms with van der Waals surface area (Å²) in [5.41, 5.74) is 19.7. The fourth-order valence-corrected chi connectivity index (χ4v) is 2.91. The first kappa shape index (κ1) is 49.2. The van der Waals surface area contributed by atoms with Gasteiger partial charge in [0, 0.05) is 65.9 Å². The molecule has 0 unspecified atom stereocenters. The number of nitrogens with zero attached hydrogens (tertiary/aromatic N) is 7. The number of cyclic esters (lactones) is 2. The minimum absolute atomic E-state index is 0.1000. The molecule has 0 aromatic carbocycles. The third-order valence-electron chi connectivity index (χ3n) is 5.21. The average molecular weight is 730 g/mol. The van der Waals surface area contributed by atoms with Crippen molar-refractivity contribution in [3.63, 3.8) is 0 Å². The van der Waals surface area contributed by atoms with Crippen molar-refractivity contribution in [2.24, 2.45) is 10.2 Å². The number of carboxylic acid groups (broad SMARTS) is 2. The molecular weight excluding hydrogens is 691 g/mol. The molecule has 0 aromatic rings. The van der Waals surface area contributed by atoms with E-state index in [2.05, 4.69) is 41.8 Å². The number of ether oxygens (including phenoxy) is 1. The van der Waals surface area contributed by atoms with Crippen LogP contribution in [0.25, 0.3) is 20.9 Å². The van der Waals surface area contributed by atoms with Gasteiger partial charge in [0.2, 0.25) is 5.91 Å². The number of rotatable bonds is 16. The molecule has 5 N–H and O–H groups in total. The van der Waals surface area contributed by atoms with Crippen LogP contribution in [0.1, 0.15) is 51.4 Å². The van der Waals surface area contributed by atoms with Crippen molar-refractivity contribution >= 4 is 41.6 Å². The lowest BCUT2D eigenvalue weighted by molar-refractivity contribution is -0.368. The molecule has 19 nitrogen and oxygen atoms in total. The molecular formula is C29H38F3N9O10. The summed E-state index contributed by atoms with van der Waals surface area (Å²) in [6.07, 6.45) is 14.2. The first-order valence-corrected chi connectivity index (χ1v) is 14.8. The highest BCUT2D eigenvalue weighted by atomic mass is 19.4. The van der Waals surface area contributed by atoms with Crippen molar-refractivity contribution in [1.29, 1.82) is 0 Å². The highest BCUT2D eigenvalue weighted by Crippen LogP contribution is 2.11. The van der Waals surface area contributed by atoms with Gasteiger partial charge < -0.3 is 30.8 Å². The lowest BCUT2D eigenvalue weighted by atomic mass is 10.2. The minimum Gasteiger partial charge on any atom is -0.542 e. The Kier molecular flexibility index (Phi) is 31.3. The van der Waals surface area contributed by atoms with Crippen LogP contribution < -0.4 is 16.2 Å². The van der Waals surface area contributed by atoms with Gasteiger partial charge in [0.25, 0.3) is 11.8 Å². The molecule has 0 atom stereocenters. The van der Waals surface area contributed by atoms with Crippen molar-refractivity contribution in [2.45, 2.75) is 57.5 Å². The molecule has 0 radical (unpaired) electrons. The molecule has 0 bridgehead atoms. The molecule has 2 heterocycles. The van der Waals surface area contributed by atoms with Crippen molar-refractivity contribution in [1.82, 2.24) is 10.2 Å². The van der Waals surface area contributed by atoms with Gasteiger partial charge in [-0.1, -0.05) is 35.4 Å². The van der Waals surface area contributed by atoms with Crippen LogP contribution in [0, 0.1) is 12.3 Å². The summed E-state index contributed by atoms with van der Waals surface area (Å²) in [5, 5.41) is 26.0. The van der Waals surface area contributed by atoms with Gasteiger partial charge in [-0.05, 0) is 43.2 Å². The predicted octanol–water partition coefficient (Wildman–Crippen LogP) is 1.18. The molecule has 2 rings (SSSR count). The fraction of sp³-hybridized carbons (Fsp3) is 0.483. The van der Waals surface area contributed by atoms with E-state index < -0.39 is 36.0 Å². The molecule has 0 fully saturated rings. The van der Waals surface area contributed by atoms with Gasteiger partial charge >= 0.3 is 24.1 Å². The zero-order chi connectivity index (χ0) is 39.5. The Morgan fingerprint density at radius 2 is 1.35 bits per heavy atom. The Balaban J connectivity index is -0.000000587. The number of esters is 2. The summed E-state index contributed by atoms with van der Waals surface area (Å²) in [6.45, 7) is 2.75. The molecule has 0 saturated carbocycles. The van der Waals surface area contributed by atoms with Gasteiger partial charge in [-0.15, -0.1) is 6.42 Å². The van der Waals surface area contributed by atoms with E-state index >= 15 is 0 Å². The van der Waals surface area contributed by atoms with E-state index in [1.54, 1.807) is 0 Å². The number of terminal acetylenes is 1. The third-order valence-corrected chi connectivity index (χ3v) is 5.21. The van der Waals surface area contributed by atoms with Crippen LogP contribution in [0.4, 0.5) is 13.2 Å². The maximum Gasteiger partial charge on any atom is 0.430 e. The number of aliphatic carboxylic acids is 2. The summed E-state index contributed by atoms with van der Waals surface area (Å²) in [4.78, 5) is 77.9. The summed E-state index contributed by atoms with van der Waals surface area (Å²) >= 11 is 0. The Hall–Kier alpha value is -6.16. The Labute approximate surface area is 289 Å². The van der Waals surface area contributed by atoms with Gasteiger partial charge in [-0.2, -0.15) is 13.2 Å². The predicted molar refractivity (Wildman–Crippen MR) is 168 cm³/mol. The number of amides is 3.